The second-order valence-corrected chi connectivity index (χ2v) is 4.65. The lowest BCUT2D eigenvalue weighted by atomic mass is 10.1. The lowest BCUT2D eigenvalue weighted by Crippen LogP contribution is -2.05. The van der Waals surface area contributed by atoms with Gasteiger partial charge < -0.3 is 5.32 Å². The van der Waals surface area contributed by atoms with Crippen molar-refractivity contribution >= 4 is 21.7 Å². The summed E-state index contributed by atoms with van der Waals surface area (Å²) in [7, 11) is 3.71. The van der Waals surface area contributed by atoms with Crippen molar-refractivity contribution in [3.63, 3.8) is 0 Å². The van der Waals surface area contributed by atoms with E-state index in [0.29, 0.717) is 4.60 Å². The molecule has 0 amide bonds. The number of aromatic nitrogens is 5. The first-order chi connectivity index (χ1) is 8.69. The highest BCUT2D eigenvalue weighted by molar-refractivity contribution is 9.10. The molecule has 18 heavy (non-hydrogen) atoms. The molecule has 0 radical (unpaired) electrons. The van der Waals surface area contributed by atoms with Crippen LogP contribution in [0.25, 0.3) is 11.4 Å². The van der Waals surface area contributed by atoms with E-state index in [0.717, 1.165) is 35.6 Å². The molecule has 6 nitrogen and oxygen atoms in total. The summed E-state index contributed by atoms with van der Waals surface area (Å²) in [6.45, 7) is 2.13. The number of hydrogen-bond acceptors (Lipinski definition) is 5. The summed E-state index contributed by atoms with van der Waals surface area (Å²) in [5.74, 6) is 0.856. The molecule has 0 saturated heterocycles. The Morgan fingerprint density at radius 3 is 2.72 bits per heavy atom. The Morgan fingerprint density at radius 2 is 2.17 bits per heavy atom. The van der Waals surface area contributed by atoms with Crippen LogP contribution in [0.2, 0.25) is 0 Å². The fourth-order valence-corrected chi connectivity index (χ4v) is 2.42. The van der Waals surface area contributed by atoms with Crippen LogP contribution >= 0.6 is 15.9 Å². The van der Waals surface area contributed by atoms with Crippen LogP contribution in [0.4, 0.5) is 5.82 Å². The molecule has 2 rings (SSSR count). The van der Waals surface area contributed by atoms with E-state index in [1.807, 2.05) is 14.1 Å². The fourth-order valence-electron chi connectivity index (χ4n) is 1.90. The van der Waals surface area contributed by atoms with Gasteiger partial charge in [-0.3, -0.25) is 0 Å². The minimum atomic E-state index is 0.697. The molecule has 0 saturated carbocycles. The topological polar surface area (TPSA) is 68.5 Å². The summed E-state index contributed by atoms with van der Waals surface area (Å²) in [6.07, 6.45) is 3.49. The van der Waals surface area contributed by atoms with Crippen molar-refractivity contribution in [2.45, 2.75) is 19.8 Å². The maximum atomic E-state index is 4.39. The second-order valence-electron chi connectivity index (χ2n) is 3.90. The van der Waals surface area contributed by atoms with Gasteiger partial charge in [0.2, 0.25) is 0 Å². The zero-order valence-corrected chi connectivity index (χ0v) is 12.2. The zero-order chi connectivity index (χ0) is 13.1. The number of hydrogen-bond donors (Lipinski definition) is 1. The number of rotatable bonds is 4. The molecule has 2 aromatic rings. The monoisotopic (exact) mass is 310 g/mol. The number of nitrogens with zero attached hydrogens (tertiary/aromatic N) is 5. The van der Waals surface area contributed by atoms with E-state index in [1.165, 1.54) is 0 Å². The van der Waals surface area contributed by atoms with Gasteiger partial charge >= 0.3 is 0 Å². The van der Waals surface area contributed by atoms with Gasteiger partial charge in [0.15, 0.2) is 4.60 Å². The van der Waals surface area contributed by atoms with Crippen LogP contribution in [0.3, 0.4) is 0 Å². The average molecular weight is 311 g/mol. The highest BCUT2D eigenvalue weighted by Crippen LogP contribution is 2.30. The molecule has 2 aromatic heterocycles. The van der Waals surface area contributed by atoms with Crippen LogP contribution in [-0.2, 0) is 13.5 Å². The molecule has 0 aliphatic rings. The van der Waals surface area contributed by atoms with Crippen molar-refractivity contribution in [1.82, 2.24) is 25.0 Å². The van der Waals surface area contributed by atoms with Crippen LogP contribution in [0.1, 0.15) is 18.9 Å². The van der Waals surface area contributed by atoms with E-state index < -0.39 is 0 Å². The van der Waals surface area contributed by atoms with Crippen LogP contribution < -0.4 is 5.32 Å². The Hall–Kier alpha value is -1.50. The number of halogens is 1. The van der Waals surface area contributed by atoms with E-state index in [2.05, 4.69) is 48.5 Å². The molecule has 0 aliphatic heterocycles. The summed E-state index contributed by atoms with van der Waals surface area (Å²) in [6, 6.07) is 0. The summed E-state index contributed by atoms with van der Waals surface area (Å²) < 4.78 is 2.41. The van der Waals surface area contributed by atoms with Gasteiger partial charge in [0, 0.05) is 19.7 Å². The van der Waals surface area contributed by atoms with Crippen molar-refractivity contribution in [3.8, 4) is 11.4 Å². The van der Waals surface area contributed by atoms with Gasteiger partial charge in [-0.1, -0.05) is 18.6 Å². The molecular formula is C11H15BrN6. The SMILES string of the molecule is CCCc1c(NC)ncnc1-c1c(Br)nnn1C. The van der Waals surface area contributed by atoms with Gasteiger partial charge in [0.05, 0.1) is 5.69 Å². The predicted molar refractivity (Wildman–Crippen MR) is 73.3 cm³/mol. The third-order valence-corrected chi connectivity index (χ3v) is 3.23. The van der Waals surface area contributed by atoms with Crippen molar-refractivity contribution in [3.05, 3.63) is 16.5 Å². The molecule has 0 unspecified atom stereocenters. The summed E-state index contributed by atoms with van der Waals surface area (Å²) >= 11 is 3.41. The first-order valence-electron chi connectivity index (χ1n) is 5.76. The van der Waals surface area contributed by atoms with Gasteiger partial charge in [-0.25, -0.2) is 14.6 Å². The first kappa shape index (κ1) is 12.9. The number of anilines is 1. The van der Waals surface area contributed by atoms with Gasteiger partial charge in [-0.15, -0.1) is 5.10 Å². The maximum absolute atomic E-state index is 4.39. The smallest absolute Gasteiger partial charge is 0.157 e. The molecule has 7 heteroatoms. The molecule has 0 bridgehead atoms. The van der Waals surface area contributed by atoms with E-state index in [-0.39, 0.29) is 0 Å². The first-order valence-corrected chi connectivity index (χ1v) is 6.55. The zero-order valence-electron chi connectivity index (χ0n) is 10.6. The Morgan fingerprint density at radius 1 is 1.39 bits per heavy atom. The highest BCUT2D eigenvalue weighted by atomic mass is 79.9. The molecule has 0 spiro atoms. The minimum absolute atomic E-state index is 0.697. The fraction of sp³-hybridized carbons (Fsp3) is 0.455. The number of aryl methyl sites for hydroxylation is 1. The normalized spacial score (nSPS) is 10.7. The van der Waals surface area contributed by atoms with Gasteiger partial charge in [-0.2, -0.15) is 0 Å². The van der Waals surface area contributed by atoms with Crippen molar-refractivity contribution in [1.29, 1.82) is 0 Å². The maximum Gasteiger partial charge on any atom is 0.157 e. The Balaban J connectivity index is 2.63. The molecule has 0 aliphatic carbocycles. The summed E-state index contributed by atoms with van der Waals surface area (Å²) in [5, 5.41) is 11.1. The third-order valence-electron chi connectivity index (χ3n) is 2.69. The molecule has 2 heterocycles. The van der Waals surface area contributed by atoms with Crippen molar-refractivity contribution in [2.24, 2.45) is 7.05 Å². The van der Waals surface area contributed by atoms with E-state index in [1.54, 1.807) is 11.0 Å². The van der Waals surface area contributed by atoms with Crippen LogP contribution in [0, 0.1) is 0 Å². The Bertz CT molecular complexity index is 531. The lowest BCUT2D eigenvalue weighted by Gasteiger charge is -2.11. The molecule has 0 aromatic carbocycles. The average Bonchev–Trinajstić information content (AvgIpc) is 2.70. The molecular weight excluding hydrogens is 296 g/mol. The minimum Gasteiger partial charge on any atom is -0.373 e. The molecule has 1 N–H and O–H groups in total. The Kier molecular flexibility index (Phi) is 3.90. The van der Waals surface area contributed by atoms with Gasteiger partial charge in [0.1, 0.15) is 17.8 Å². The predicted octanol–water partition coefficient (Wildman–Crippen LogP) is 2.03. The van der Waals surface area contributed by atoms with Crippen molar-refractivity contribution in [2.75, 3.05) is 12.4 Å². The van der Waals surface area contributed by atoms with Crippen LogP contribution in [0.5, 0.6) is 0 Å². The Labute approximate surface area is 114 Å². The molecule has 96 valence electrons. The largest absolute Gasteiger partial charge is 0.373 e. The van der Waals surface area contributed by atoms with Gasteiger partial charge in [0.25, 0.3) is 0 Å². The standard InChI is InChI=1S/C11H15BrN6/c1-4-5-7-8(14-6-15-11(7)13-2)9-10(12)16-17-18(9)3/h6H,4-5H2,1-3H3,(H,13,14,15). The van der Waals surface area contributed by atoms with E-state index in [9.17, 15) is 0 Å². The van der Waals surface area contributed by atoms with Crippen LogP contribution in [-0.4, -0.2) is 32.0 Å². The van der Waals surface area contributed by atoms with Gasteiger partial charge in [-0.05, 0) is 22.4 Å². The highest BCUT2D eigenvalue weighted by Gasteiger charge is 2.18. The third kappa shape index (κ3) is 2.22. The summed E-state index contributed by atoms with van der Waals surface area (Å²) in [5.41, 5.74) is 2.83. The molecule has 0 fully saturated rings. The van der Waals surface area contributed by atoms with E-state index >= 15 is 0 Å². The van der Waals surface area contributed by atoms with Crippen molar-refractivity contribution < 1.29 is 0 Å². The second kappa shape index (κ2) is 5.43. The van der Waals surface area contributed by atoms with Crippen LogP contribution in [0.15, 0.2) is 10.9 Å². The quantitative estimate of drug-likeness (QED) is 0.935. The van der Waals surface area contributed by atoms with E-state index in [4.69, 9.17) is 0 Å². The lowest BCUT2D eigenvalue weighted by molar-refractivity contribution is 0.717. The summed E-state index contributed by atoms with van der Waals surface area (Å²) in [4.78, 5) is 8.65. The molecule has 0 atom stereocenters. The number of nitrogens with one attached hydrogen (secondary N) is 1.